The first kappa shape index (κ1) is 13.3. The lowest BCUT2D eigenvalue weighted by atomic mass is 10.1. The van der Waals surface area contributed by atoms with Crippen molar-refractivity contribution in [3.8, 4) is 0 Å². The van der Waals surface area contributed by atoms with Gasteiger partial charge in [0.15, 0.2) is 0 Å². The molecule has 5 nitrogen and oxygen atoms in total. The summed E-state index contributed by atoms with van der Waals surface area (Å²) in [5.41, 5.74) is 3.07. The van der Waals surface area contributed by atoms with Gasteiger partial charge in [-0.25, -0.2) is 13.6 Å². The number of carbonyl (C=O) groups is 1. The topological polar surface area (TPSA) is 85.2 Å². The van der Waals surface area contributed by atoms with Gasteiger partial charge in [0.1, 0.15) is 11.3 Å². The normalized spacial score (nSPS) is 10.6. The average Bonchev–Trinajstić information content (AvgIpc) is 2.28. The molecule has 17 heavy (non-hydrogen) atoms. The van der Waals surface area contributed by atoms with Gasteiger partial charge in [-0.3, -0.25) is 4.79 Å². The minimum atomic E-state index is -2.96. The number of halogens is 2. The first-order valence-corrected chi connectivity index (χ1v) is 4.92. The van der Waals surface area contributed by atoms with Gasteiger partial charge in [-0.05, 0) is 6.92 Å². The molecule has 1 aromatic heterocycles. The van der Waals surface area contributed by atoms with Gasteiger partial charge < -0.3 is 15.5 Å². The smallest absolute Gasteiger partial charge is 0.344 e. The molecule has 0 aromatic carbocycles. The fourth-order valence-corrected chi connectivity index (χ4v) is 1.32. The maximum atomic E-state index is 12.6. The Hall–Kier alpha value is -1.76. The molecule has 0 aliphatic carbocycles. The number of ether oxygens (including phenoxy) is 1. The van der Waals surface area contributed by atoms with Crippen LogP contribution in [0.5, 0.6) is 0 Å². The van der Waals surface area contributed by atoms with Gasteiger partial charge in [-0.15, -0.1) is 0 Å². The van der Waals surface area contributed by atoms with Crippen LogP contribution in [0, 0.1) is 0 Å². The van der Waals surface area contributed by atoms with Gasteiger partial charge in [0.05, 0.1) is 6.61 Å². The van der Waals surface area contributed by atoms with Crippen LogP contribution in [0.3, 0.4) is 0 Å². The maximum absolute atomic E-state index is 12.6. The third-order valence-corrected chi connectivity index (χ3v) is 2.11. The van der Waals surface area contributed by atoms with Gasteiger partial charge in [0.25, 0.3) is 6.43 Å². The Bertz CT molecular complexity index is 471. The van der Waals surface area contributed by atoms with Crippen molar-refractivity contribution in [1.82, 2.24) is 4.98 Å². The Kier molecular flexibility index (Phi) is 4.33. The van der Waals surface area contributed by atoms with Crippen LogP contribution in [-0.2, 0) is 11.3 Å². The molecule has 0 aliphatic rings. The molecule has 1 heterocycles. The fourth-order valence-electron chi connectivity index (χ4n) is 1.32. The number of aromatic amines is 1. The van der Waals surface area contributed by atoms with Crippen molar-refractivity contribution in [2.24, 2.45) is 5.73 Å². The molecule has 0 atom stereocenters. The summed E-state index contributed by atoms with van der Waals surface area (Å²) in [6, 6.07) is 0. The fraction of sp³-hybridized carbons (Fsp3) is 0.400. The zero-order valence-electron chi connectivity index (χ0n) is 9.13. The van der Waals surface area contributed by atoms with Crippen molar-refractivity contribution in [2.75, 3.05) is 6.61 Å². The summed E-state index contributed by atoms with van der Waals surface area (Å²) in [6.45, 7) is 1.36. The highest BCUT2D eigenvalue weighted by Gasteiger charge is 2.24. The van der Waals surface area contributed by atoms with Crippen molar-refractivity contribution in [3.63, 3.8) is 0 Å². The van der Waals surface area contributed by atoms with E-state index in [0.717, 1.165) is 6.20 Å². The van der Waals surface area contributed by atoms with Crippen LogP contribution in [0.4, 0.5) is 8.78 Å². The Balaban J connectivity index is 3.40. The molecule has 7 heteroatoms. The number of nitrogens with one attached hydrogen (secondary N) is 1. The number of hydrogen-bond donors (Lipinski definition) is 2. The Morgan fingerprint density at radius 1 is 1.59 bits per heavy atom. The molecular weight excluding hydrogens is 234 g/mol. The van der Waals surface area contributed by atoms with E-state index < -0.39 is 29.1 Å². The summed E-state index contributed by atoms with van der Waals surface area (Å²) >= 11 is 0. The second-order valence-electron chi connectivity index (χ2n) is 3.16. The van der Waals surface area contributed by atoms with Crippen LogP contribution in [0.25, 0.3) is 0 Å². The molecule has 94 valence electrons. The van der Waals surface area contributed by atoms with Crippen LogP contribution < -0.4 is 11.2 Å². The van der Waals surface area contributed by atoms with Crippen molar-refractivity contribution in [3.05, 3.63) is 33.2 Å². The molecule has 1 rings (SSSR count). The predicted molar refractivity (Wildman–Crippen MR) is 55.9 cm³/mol. The van der Waals surface area contributed by atoms with E-state index in [2.05, 4.69) is 9.72 Å². The lowest BCUT2D eigenvalue weighted by Gasteiger charge is -2.08. The summed E-state index contributed by atoms with van der Waals surface area (Å²) in [6.07, 6.45) is -1.89. The number of hydrogen-bond acceptors (Lipinski definition) is 4. The van der Waals surface area contributed by atoms with E-state index in [0.29, 0.717) is 0 Å². The molecule has 3 N–H and O–H groups in total. The van der Waals surface area contributed by atoms with Crippen LogP contribution in [0.2, 0.25) is 0 Å². The van der Waals surface area contributed by atoms with Crippen LogP contribution in [0.15, 0.2) is 11.0 Å². The SMILES string of the molecule is CCOC(=O)c1c(C(F)F)[nH]cc(CN)c1=O. The third-order valence-electron chi connectivity index (χ3n) is 2.11. The minimum Gasteiger partial charge on any atom is -0.462 e. The molecule has 0 aliphatic heterocycles. The molecular formula is C10H12F2N2O3. The number of nitrogens with two attached hydrogens (primary N) is 1. The molecule has 0 amide bonds. The van der Waals surface area contributed by atoms with Crippen molar-refractivity contribution < 1.29 is 18.3 Å². The van der Waals surface area contributed by atoms with E-state index in [-0.39, 0.29) is 18.7 Å². The van der Waals surface area contributed by atoms with Gasteiger partial charge in [-0.2, -0.15) is 0 Å². The standard InChI is InChI=1S/C10H12F2N2O3/c1-2-17-10(16)6-7(9(11)12)14-4-5(3-13)8(6)15/h4,9H,2-3,13H2,1H3,(H,14,15). The number of H-pyrrole nitrogens is 1. The first-order chi connectivity index (χ1) is 8.02. The van der Waals surface area contributed by atoms with E-state index in [1.165, 1.54) is 6.92 Å². The lowest BCUT2D eigenvalue weighted by Crippen LogP contribution is -2.25. The van der Waals surface area contributed by atoms with E-state index in [9.17, 15) is 18.4 Å². The van der Waals surface area contributed by atoms with Gasteiger partial charge in [0, 0.05) is 18.3 Å². The van der Waals surface area contributed by atoms with Gasteiger partial charge in [0.2, 0.25) is 5.43 Å². The number of esters is 1. The third kappa shape index (κ3) is 2.68. The minimum absolute atomic E-state index is 0.00615. The summed E-state index contributed by atoms with van der Waals surface area (Å²) < 4.78 is 29.8. The number of alkyl halides is 2. The number of aromatic nitrogens is 1. The molecule has 0 unspecified atom stereocenters. The molecule has 0 saturated carbocycles. The lowest BCUT2D eigenvalue weighted by molar-refractivity contribution is 0.0511. The summed E-state index contributed by atoms with van der Waals surface area (Å²) in [5.74, 6) is -1.07. The Morgan fingerprint density at radius 2 is 2.24 bits per heavy atom. The highest BCUT2D eigenvalue weighted by molar-refractivity contribution is 5.90. The predicted octanol–water partition coefficient (Wildman–Crippen LogP) is 0.948. The van der Waals surface area contributed by atoms with Gasteiger partial charge >= 0.3 is 5.97 Å². The van der Waals surface area contributed by atoms with E-state index in [4.69, 9.17) is 5.73 Å². The highest BCUT2D eigenvalue weighted by Crippen LogP contribution is 2.19. The summed E-state index contributed by atoms with van der Waals surface area (Å²) in [4.78, 5) is 25.4. The van der Waals surface area contributed by atoms with Crippen molar-refractivity contribution in [1.29, 1.82) is 0 Å². The van der Waals surface area contributed by atoms with E-state index >= 15 is 0 Å². The quantitative estimate of drug-likeness (QED) is 0.774. The second-order valence-corrected chi connectivity index (χ2v) is 3.16. The maximum Gasteiger partial charge on any atom is 0.344 e. The second kappa shape index (κ2) is 5.53. The first-order valence-electron chi connectivity index (χ1n) is 4.92. The summed E-state index contributed by atoms with van der Waals surface area (Å²) in [5, 5.41) is 0. The summed E-state index contributed by atoms with van der Waals surface area (Å²) in [7, 11) is 0. The van der Waals surface area contributed by atoms with Crippen molar-refractivity contribution >= 4 is 5.97 Å². The number of carbonyl (C=O) groups excluding carboxylic acids is 1. The number of rotatable bonds is 4. The van der Waals surface area contributed by atoms with Gasteiger partial charge in [-0.1, -0.05) is 0 Å². The molecule has 1 aromatic rings. The Labute approximate surface area is 95.6 Å². The molecule has 0 fully saturated rings. The largest absolute Gasteiger partial charge is 0.462 e. The van der Waals surface area contributed by atoms with E-state index in [1.807, 2.05) is 0 Å². The Morgan fingerprint density at radius 3 is 2.71 bits per heavy atom. The van der Waals surface area contributed by atoms with E-state index in [1.54, 1.807) is 0 Å². The molecule has 0 saturated heterocycles. The van der Waals surface area contributed by atoms with Crippen LogP contribution >= 0.6 is 0 Å². The zero-order valence-corrected chi connectivity index (χ0v) is 9.13. The molecule has 0 spiro atoms. The van der Waals surface area contributed by atoms with Crippen LogP contribution in [-0.4, -0.2) is 17.6 Å². The molecule has 0 radical (unpaired) electrons. The average molecular weight is 246 g/mol. The van der Waals surface area contributed by atoms with Crippen LogP contribution in [0.1, 0.15) is 35.0 Å². The van der Waals surface area contributed by atoms with Crippen molar-refractivity contribution in [2.45, 2.75) is 19.9 Å². The zero-order chi connectivity index (χ0) is 13.0. The highest BCUT2D eigenvalue weighted by atomic mass is 19.3. The monoisotopic (exact) mass is 246 g/mol. The molecule has 0 bridgehead atoms. The number of pyridine rings is 1.